The van der Waals surface area contributed by atoms with Crippen LogP contribution in [0.2, 0.25) is 0 Å². The summed E-state index contributed by atoms with van der Waals surface area (Å²) in [5.41, 5.74) is 1.14. The number of ether oxygens (including phenoxy) is 1. The van der Waals surface area contributed by atoms with E-state index in [1.807, 2.05) is 18.7 Å². The van der Waals surface area contributed by atoms with E-state index >= 15 is 0 Å². The van der Waals surface area contributed by atoms with Gasteiger partial charge < -0.3 is 15.0 Å². The highest BCUT2D eigenvalue weighted by Crippen LogP contribution is 2.20. The number of thioether (sulfide) groups is 1. The van der Waals surface area contributed by atoms with Crippen molar-refractivity contribution in [1.82, 2.24) is 10.2 Å². The van der Waals surface area contributed by atoms with E-state index in [-0.39, 0.29) is 12.1 Å². The summed E-state index contributed by atoms with van der Waals surface area (Å²) in [6.07, 6.45) is 4.27. The Morgan fingerprint density at radius 2 is 2.17 bits per heavy atom. The molecular formula is C18H28N2O2S. The molecule has 0 unspecified atom stereocenters. The molecule has 2 atom stereocenters. The fraction of sp³-hybridized carbons (Fsp3) is 0.611. The largest absolute Gasteiger partial charge is 0.381 e. The first-order valence-corrected chi connectivity index (χ1v) is 9.63. The molecule has 0 aliphatic carbocycles. The van der Waals surface area contributed by atoms with Crippen molar-refractivity contribution in [2.24, 2.45) is 5.92 Å². The van der Waals surface area contributed by atoms with Crippen molar-refractivity contribution >= 4 is 17.8 Å². The van der Waals surface area contributed by atoms with Gasteiger partial charge in [-0.1, -0.05) is 12.1 Å². The normalized spacial score (nSPS) is 19.4. The van der Waals surface area contributed by atoms with Gasteiger partial charge in [0.2, 0.25) is 0 Å². The second kappa shape index (κ2) is 9.18. The third-order valence-electron chi connectivity index (χ3n) is 4.32. The van der Waals surface area contributed by atoms with Crippen molar-refractivity contribution in [1.29, 1.82) is 0 Å². The fourth-order valence-corrected chi connectivity index (χ4v) is 3.33. The minimum absolute atomic E-state index is 0.0191. The molecule has 0 bridgehead atoms. The van der Waals surface area contributed by atoms with Crippen LogP contribution in [-0.4, -0.2) is 43.5 Å². The number of likely N-dealkylation sites (tertiary alicyclic amines) is 1. The summed E-state index contributed by atoms with van der Waals surface area (Å²) in [6.45, 7) is 7.18. The van der Waals surface area contributed by atoms with Crippen LogP contribution in [0, 0.1) is 5.92 Å². The van der Waals surface area contributed by atoms with E-state index in [4.69, 9.17) is 4.74 Å². The number of amides is 2. The van der Waals surface area contributed by atoms with E-state index in [2.05, 4.69) is 35.8 Å². The predicted molar refractivity (Wildman–Crippen MR) is 96.0 cm³/mol. The fourth-order valence-electron chi connectivity index (χ4n) is 2.92. The first kappa shape index (κ1) is 18.1. The monoisotopic (exact) mass is 336 g/mol. The van der Waals surface area contributed by atoms with Gasteiger partial charge in [-0.2, -0.15) is 0 Å². The van der Waals surface area contributed by atoms with E-state index in [0.717, 1.165) is 44.7 Å². The van der Waals surface area contributed by atoms with Crippen LogP contribution in [0.5, 0.6) is 0 Å². The summed E-state index contributed by atoms with van der Waals surface area (Å²) >= 11 is 1.73. The Bertz CT molecular complexity index is 492. The second-order valence-electron chi connectivity index (χ2n) is 6.06. The van der Waals surface area contributed by atoms with Gasteiger partial charge in [0.25, 0.3) is 0 Å². The Hall–Kier alpha value is -1.20. The Labute approximate surface area is 144 Å². The smallest absolute Gasteiger partial charge is 0.317 e. The van der Waals surface area contributed by atoms with Crippen molar-refractivity contribution in [2.45, 2.75) is 37.6 Å². The molecule has 1 aliphatic rings. The minimum Gasteiger partial charge on any atom is -0.381 e. The lowest BCUT2D eigenvalue weighted by molar-refractivity contribution is 0.0752. The molecule has 1 heterocycles. The maximum atomic E-state index is 12.5. The molecular weight excluding hydrogens is 308 g/mol. The summed E-state index contributed by atoms with van der Waals surface area (Å²) in [7, 11) is 0. The lowest BCUT2D eigenvalue weighted by Gasteiger charge is -2.33. The molecule has 2 rings (SSSR count). The van der Waals surface area contributed by atoms with Crippen LogP contribution in [-0.2, 0) is 4.74 Å². The average Bonchev–Trinajstić information content (AvgIpc) is 2.60. The molecule has 0 saturated carbocycles. The van der Waals surface area contributed by atoms with Crippen LogP contribution < -0.4 is 5.32 Å². The van der Waals surface area contributed by atoms with Crippen LogP contribution in [0.4, 0.5) is 4.79 Å². The zero-order valence-electron chi connectivity index (χ0n) is 14.4. The molecule has 128 valence electrons. The molecule has 1 saturated heterocycles. The highest BCUT2D eigenvalue weighted by molar-refractivity contribution is 7.98. The van der Waals surface area contributed by atoms with Gasteiger partial charge in [0.05, 0.1) is 12.6 Å². The number of hydrogen-bond donors (Lipinski definition) is 1. The van der Waals surface area contributed by atoms with Gasteiger partial charge in [-0.05, 0) is 50.6 Å². The average molecular weight is 337 g/mol. The number of carbonyl (C=O) groups is 1. The van der Waals surface area contributed by atoms with Gasteiger partial charge in [0.1, 0.15) is 0 Å². The highest BCUT2D eigenvalue weighted by atomic mass is 32.2. The first-order valence-electron chi connectivity index (χ1n) is 8.41. The molecule has 1 N–H and O–H groups in total. The number of carbonyl (C=O) groups excluding carboxylic acids is 1. The van der Waals surface area contributed by atoms with E-state index < -0.39 is 0 Å². The molecule has 1 fully saturated rings. The van der Waals surface area contributed by atoms with Crippen LogP contribution in [0.3, 0.4) is 0 Å². The Kier molecular flexibility index (Phi) is 7.24. The van der Waals surface area contributed by atoms with E-state index in [0.29, 0.717) is 5.92 Å². The van der Waals surface area contributed by atoms with Crippen molar-refractivity contribution in [2.75, 3.05) is 32.6 Å². The summed E-state index contributed by atoms with van der Waals surface area (Å²) in [4.78, 5) is 15.7. The van der Waals surface area contributed by atoms with Crippen LogP contribution in [0.15, 0.2) is 29.2 Å². The highest BCUT2D eigenvalue weighted by Gasteiger charge is 2.24. The lowest BCUT2D eigenvalue weighted by Crippen LogP contribution is -2.46. The van der Waals surface area contributed by atoms with Gasteiger partial charge in [-0.3, -0.25) is 0 Å². The van der Waals surface area contributed by atoms with Crippen molar-refractivity contribution < 1.29 is 9.53 Å². The van der Waals surface area contributed by atoms with Crippen LogP contribution in [0.1, 0.15) is 38.3 Å². The molecule has 0 radical (unpaired) electrons. The maximum Gasteiger partial charge on any atom is 0.317 e. The molecule has 4 nitrogen and oxygen atoms in total. The van der Waals surface area contributed by atoms with E-state index in [1.54, 1.807) is 11.8 Å². The molecule has 1 aromatic rings. The van der Waals surface area contributed by atoms with E-state index in [9.17, 15) is 4.79 Å². The van der Waals surface area contributed by atoms with Crippen molar-refractivity contribution in [3.63, 3.8) is 0 Å². The standard InChI is InChI=1S/C18H28N2O2S/c1-4-22-13-15-6-5-11-20(12-15)18(21)19-14(2)16-7-9-17(23-3)10-8-16/h7-10,14-15H,4-6,11-13H2,1-3H3,(H,19,21)/t14-,15-/m1/s1. The number of nitrogens with zero attached hydrogens (tertiary/aromatic N) is 1. The lowest BCUT2D eigenvalue weighted by atomic mass is 9.99. The Morgan fingerprint density at radius 3 is 2.83 bits per heavy atom. The molecule has 23 heavy (non-hydrogen) atoms. The van der Waals surface area contributed by atoms with Gasteiger partial charge >= 0.3 is 6.03 Å². The number of benzene rings is 1. The number of urea groups is 1. The number of nitrogens with one attached hydrogen (secondary N) is 1. The Balaban J connectivity index is 1.86. The maximum absolute atomic E-state index is 12.5. The topological polar surface area (TPSA) is 41.6 Å². The Morgan fingerprint density at radius 1 is 1.43 bits per heavy atom. The van der Waals surface area contributed by atoms with Crippen LogP contribution in [0.25, 0.3) is 0 Å². The van der Waals surface area contributed by atoms with Crippen molar-refractivity contribution in [3.05, 3.63) is 29.8 Å². The third kappa shape index (κ3) is 5.43. The van der Waals surface area contributed by atoms with Gasteiger partial charge in [-0.15, -0.1) is 11.8 Å². The molecule has 0 spiro atoms. The predicted octanol–water partition coefficient (Wildman–Crippen LogP) is 3.93. The number of hydrogen-bond acceptors (Lipinski definition) is 3. The van der Waals surface area contributed by atoms with Crippen molar-refractivity contribution in [3.8, 4) is 0 Å². The van der Waals surface area contributed by atoms with Crippen LogP contribution >= 0.6 is 11.8 Å². The zero-order chi connectivity index (χ0) is 16.7. The van der Waals surface area contributed by atoms with E-state index in [1.165, 1.54) is 4.90 Å². The minimum atomic E-state index is 0.0191. The molecule has 1 aromatic carbocycles. The SMILES string of the molecule is CCOC[C@@H]1CCCN(C(=O)N[C@H](C)c2ccc(SC)cc2)C1. The quantitative estimate of drug-likeness (QED) is 0.800. The number of rotatable bonds is 6. The second-order valence-corrected chi connectivity index (χ2v) is 6.94. The molecule has 2 amide bonds. The molecule has 0 aromatic heterocycles. The zero-order valence-corrected chi connectivity index (χ0v) is 15.2. The molecule has 5 heteroatoms. The summed E-state index contributed by atoms with van der Waals surface area (Å²) in [5, 5.41) is 3.12. The summed E-state index contributed by atoms with van der Waals surface area (Å²) in [6, 6.07) is 8.43. The van der Waals surface area contributed by atoms with Gasteiger partial charge in [-0.25, -0.2) is 4.79 Å². The summed E-state index contributed by atoms with van der Waals surface area (Å²) < 4.78 is 5.51. The number of piperidine rings is 1. The van der Waals surface area contributed by atoms with Gasteiger partial charge in [0.15, 0.2) is 0 Å². The summed E-state index contributed by atoms with van der Waals surface area (Å²) in [5.74, 6) is 0.464. The molecule has 1 aliphatic heterocycles. The first-order chi connectivity index (χ1) is 11.1. The third-order valence-corrected chi connectivity index (χ3v) is 5.06. The van der Waals surface area contributed by atoms with Gasteiger partial charge in [0, 0.05) is 30.5 Å².